The Morgan fingerprint density at radius 1 is 0.840 bits per heavy atom. The summed E-state index contributed by atoms with van der Waals surface area (Å²) in [6.45, 7) is 3.61. The number of halogens is 7. The highest BCUT2D eigenvalue weighted by atomic mass is 35.5. The molecule has 7 aromatic rings. The van der Waals surface area contributed by atoms with E-state index in [1.165, 1.54) is 25.4 Å². The topological polar surface area (TPSA) is 132 Å². The van der Waals surface area contributed by atoms with E-state index in [4.69, 9.17) is 45.3 Å². The third kappa shape index (κ3) is 11.5. The maximum Gasteiger partial charge on any atom is 0.418 e. The average Bonchev–Trinajstić information content (AvgIpc) is 3.79. The van der Waals surface area contributed by atoms with E-state index in [-0.39, 0.29) is 67.2 Å². The van der Waals surface area contributed by atoms with Crippen LogP contribution in [-0.2, 0) is 25.8 Å². The first kappa shape index (κ1) is 52.5. The van der Waals surface area contributed by atoms with Gasteiger partial charge in [-0.1, -0.05) is 48.0 Å². The standard InChI is InChI=1S/C54H54ClF6N9O5/c1-31-25-41(69(27-34-10-16-38(72-4)17-11-34)28-35-12-18-39(73-5)19-13-35)65-48(44(31)54(59,60)61)42-45(55)50-43-49(46(42)58)66-53(75-30-36-7-6-22-68(36)29-40(56)57)67-52(43)70(23-24-74-50)32(2)47-51(63-21-20-62-47)64-26-33-8-14-37(71-3)15-9-33/h8-21,25,32,36,40H,6-7,22-24,26-30H2,1-5H3,(H,63,64)/t32-,36+/m1/s1. The first-order valence-electron chi connectivity index (χ1n) is 24.2. The van der Waals surface area contributed by atoms with Crippen LogP contribution in [0.25, 0.3) is 22.2 Å². The van der Waals surface area contributed by atoms with Crippen LogP contribution >= 0.6 is 11.6 Å². The van der Waals surface area contributed by atoms with E-state index in [9.17, 15) is 8.78 Å². The van der Waals surface area contributed by atoms with Crippen molar-refractivity contribution >= 4 is 40.0 Å². The molecule has 4 aromatic carbocycles. The summed E-state index contributed by atoms with van der Waals surface area (Å²) in [6, 6.07) is 21.7. The molecule has 5 heterocycles. The third-order valence-corrected chi connectivity index (χ3v) is 13.8. The summed E-state index contributed by atoms with van der Waals surface area (Å²) in [5, 5.41) is 2.82. The van der Waals surface area contributed by atoms with Crippen LogP contribution in [0, 0.1) is 12.7 Å². The lowest BCUT2D eigenvalue weighted by Crippen LogP contribution is -2.37. The van der Waals surface area contributed by atoms with Crippen molar-refractivity contribution < 1.29 is 50.0 Å². The molecule has 0 unspecified atom stereocenters. The number of methoxy groups -OCH3 is 3. The number of likely N-dealkylation sites (tertiary alicyclic amines) is 1. The van der Waals surface area contributed by atoms with Gasteiger partial charge in [0.15, 0.2) is 11.6 Å². The Morgan fingerprint density at radius 2 is 1.45 bits per heavy atom. The molecule has 0 spiro atoms. The van der Waals surface area contributed by atoms with Gasteiger partial charge < -0.3 is 38.8 Å². The first-order valence-corrected chi connectivity index (χ1v) is 24.6. The number of nitrogens with one attached hydrogen (secondary N) is 1. The molecule has 2 aliphatic heterocycles. The molecule has 3 aromatic heterocycles. The minimum atomic E-state index is -5.06. The molecule has 2 aliphatic rings. The lowest BCUT2D eigenvalue weighted by Gasteiger charge is -2.30. The maximum absolute atomic E-state index is 18.2. The summed E-state index contributed by atoms with van der Waals surface area (Å²) in [5.41, 5.74) is -0.491. The molecule has 394 valence electrons. The van der Waals surface area contributed by atoms with Gasteiger partial charge in [0.05, 0.1) is 67.7 Å². The maximum atomic E-state index is 18.2. The molecule has 9 rings (SSSR count). The SMILES string of the molecule is COc1ccc(CNc2nccnc2[C@@H](C)N2CCOc3c(Cl)c(-c4nc(N(Cc5ccc(OC)cc5)Cc5ccc(OC)cc5)cc(C)c4C(F)(F)F)c(F)c4nc(OC[C@@H]5CCCN5CC(F)F)nc2c34)cc1. The fourth-order valence-electron chi connectivity index (χ4n) is 9.60. The van der Waals surface area contributed by atoms with Crippen molar-refractivity contribution in [2.75, 3.05) is 69.3 Å². The van der Waals surface area contributed by atoms with Gasteiger partial charge in [0, 0.05) is 38.1 Å². The lowest BCUT2D eigenvalue weighted by molar-refractivity contribution is -0.137. The van der Waals surface area contributed by atoms with Crippen molar-refractivity contribution in [1.29, 1.82) is 0 Å². The van der Waals surface area contributed by atoms with Crippen molar-refractivity contribution in [3.8, 4) is 40.3 Å². The van der Waals surface area contributed by atoms with E-state index in [1.54, 1.807) is 60.3 Å². The molecule has 1 saturated heterocycles. The highest BCUT2D eigenvalue weighted by molar-refractivity contribution is 6.36. The Labute approximate surface area is 434 Å². The smallest absolute Gasteiger partial charge is 0.418 e. The predicted molar refractivity (Wildman–Crippen MR) is 273 cm³/mol. The highest BCUT2D eigenvalue weighted by Gasteiger charge is 2.41. The molecule has 0 aliphatic carbocycles. The quantitative estimate of drug-likeness (QED) is 0.0770. The van der Waals surface area contributed by atoms with Gasteiger partial charge in [-0.05, 0) is 98.0 Å². The minimum absolute atomic E-state index is 0.0446. The Balaban J connectivity index is 1.19. The molecule has 0 amide bonds. The van der Waals surface area contributed by atoms with Gasteiger partial charge in [-0.15, -0.1) is 0 Å². The number of rotatable bonds is 19. The van der Waals surface area contributed by atoms with Crippen LogP contribution in [0.1, 0.15) is 59.3 Å². The molecule has 0 bridgehead atoms. The van der Waals surface area contributed by atoms with Crippen LogP contribution in [-0.4, -0.2) is 96.5 Å². The normalized spacial score (nSPS) is 15.2. The van der Waals surface area contributed by atoms with Gasteiger partial charge in [-0.2, -0.15) is 23.1 Å². The molecule has 1 N–H and O–H groups in total. The summed E-state index contributed by atoms with van der Waals surface area (Å²) >= 11 is 7.24. The van der Waals surface area contributed by atoms with Gasteiger partial charge in [0.25, 0.3) is 6.43 Å². The molecule has 0 saturated carbocycles. The molecule has 75 heavy (non-hydrogen) atoms. The molecule has 0 radical (unpaired) electrons. The fourth-order valence-corrected chi connectivity index (χ4v) is 9.92. The van der Waals surface area contributed by atoms with E-state index in [0.29, 0.717) is 54.7 Å². The summed E-state index contributed by atoms with van der Waals surface area (Å²) in [4.78, 5) is 28.5. The van der Waals surface area contributed by atoms with E-state index in [2.05, 4.69) is 20.3 Å². The third-order valence-electron chi connectivity index (χ3n) is 13.4. The average molecular weight is 1060 g/mol. The number of anilines is 3. The summed E-state index contributed by atoms with van der Waals surface area (Å²) in [7, 11) is 4.67. The number of aromatic nitrogens is 5. The van der Waals surface area contributed by atoms with Crippen molar-refractivity contribution in [3.63, 3.8) is 0 Å². The number of alkyl halides is 5. The van der Waals surface area contributed by atoms with Crippen LogP contribution in [0.2, 0.25) is 5.02 Å². The van der Waals surface area contributed by atoms with Gasteiger partial charge in [0.2, 0.25) is 0 Å². The largest absolute Gasteiger partial charge is 0.497 e. The zero-order chi connectivity index (χ0) is 53.0. The van der Waals surface area contributed by atoms with E-state index in [0.717, 1.165) is 16.7 Å². The van der Waals surface area contributed by atoms with E-state index >= 15 is 17.6 Å². The highest BCUT2D eigenvalue weighted by Crippen LogP contribution is 2.51. The van der Waals surface area contributed by atoms with Gasteiger partial charge >= 0.3 is 12.2 Å². The first-order chi connectivity index (χ1) is 36.1. The van der Waals surface area contributed by atoms with Crippen molar-refractivity contribution in [3.05, 3.63) is 136 Å². The molecule has 14 nitrogen and oxygen atoms in total. The predicted octanol–water partition coefficient (Wildman–Crippen LogP) is 11.5. The minimum Gasteiger partial charge on any atom is -0.497 e. The summed E-state index contributed by atoms with van der Waals surface area (Å²) in [5.74, 6) is 1.07. The zero-order valence-corrected chi connectivity index (χ0v) is 42.5. The number of ether oxygens (including phenoxy) is 5. The van der Waals surface area contributed by atoms with Gasteiger partial charge in [0.1, 0.15) is 59.1 Å². The Bertz CT molecular complexity index is 3070. The van der Waals surface area contributed by atoms with Crippen LogP contribution in [0.15, 0.2) is 91.3 Å². The Morgan fingerprint density at radius 3 is 2.05 bits per heavy atom. The molecular formula is C54H54ClF6N9O5. The molecule has 21 heteroatoms. The molecule has 1 fully saturated rings. The van der Waals surface area contributed by atoms with Crippen LogP contribution in [0.4, 0.5) is 43.8 Å². The Hall–Kier alpha value is -7.32. The molecular weight excluding hydrogens is 1000 g/mol. The number of benzene rings is 4. The van der Waals surface area contributed by atoms with Crippen LogP contribution in [0.3, 0.4) is 0 Å². The summed E-state index contributed by atoms with van der Waals surface area (Å²) in [6.07, 6.45) is -3.39. The lowest BCUT2D eigenvalue weighted by atomic mass is 9.98. The van der Waals surface area contributed by atoms with E-state index < -0.39 is 64.4 Å². The number of hydrogen-bond donors (Lipinski definition) is 1. The van der Waals surface area contributed by atoms with Gasteiger partial charge in [-0.3, -0.25) is 9.88 Å². The van der Waals surface area contributed by atoms with Gasteiger partial charge in [-0.25, -0.2) is 23.1 Å². The number of aryl methyl sites for hydroxylation is 1. The second-order valence-electron chi connectivity index (χ2n) is 18.2. The van der Waals surface area contributed by atoms with Crippen molar-refractivity contribution in [1.82, 2.24) is 29.8 Å². The number of hydrogen-bond acceptors (Lipinski definition) is 14. The monoisotopic (exact) mass is 1060 g/mol. The second-order valence-corrected chi connectivity index (χ2v) is 18.5. The fraction of sp³-hybridized carbons (Fsp3) is 0.352. The van der Waals surface area contributed by atoms with Crippen LogP contribution in [0.5, 0.6) is 29.0 Å². The molecule has 2 atom stereocenters. The number of nitrogens with zero attached hydrogens (tertiary/aromatic N) is 8. The van der Waals surface area contributed by atoms with Crippen molar-refractivity contribution in [2.24, 2.45) is 0 Å². The summed E-state index contributed by atoms with van der Waals surface area (Å²) < 4.78 is 121. The van der Waals surface area contributed by atoms with E-state index in [1.807, 2.05) is 55.5 Å². The van der Waals surface area contributed by atoms with Crippen LogP contribution < -0.4 is 38.8 Å². The Kier molecular flexibility index (Phi) is 15.9. The number of pyridine rings is 1. The zero-order valence-electron chi connectivity index (χ0n) is 41.7. The van der Waals surface area contributed by atoms with Crippen molar-refractivity contribution in [2.45, 2.75) is 71.0 Å². The second kappa shape index (κ2) is 22.7.